The molecule has 0 amide bonds. The number of rotatable bonds is 1. The second kappa shape index (κ2) is 3.37. The lowest BCUT2D eigenvalue weighted by atomic mass is 10.2. The van der Waals surface area contributed by atoms with E-state index in [1.807, 2.05) is 18.2 Å². The minimum absolute atomic E-state index is 0.135. The number of ether oxygens (including phenoxy) is 2. The van der Waals surface area contributed by atoms with Crippen molar-refractivity contribution >= 4 is 0 Å². The quantitative estimate of drug-likeness (QED) is 0.676. The van der Waals surface area contributed by atoms with Gasteiger partial charge in [0.25, 0.3) is 0 Å². The van der Waals surface area contributed by atoms with Gasteiger partial charge < -0.3 is 9.47 Å². The molecule has 14 heavy (non-hydrogen) atoms. The lowest BCUT2D eigenvalue weighted by molar-refractivity contribution is -0.138. The summed E-state index contributed by atoms with van der Waals surface area (Å²) < 4.78 is 11.4. The highest BCUT2D eigenvalue weighted by molar-refractivity contribution is 5.16. The molecule has 0 N–H and O–H groups in total. The van der Waals surface area contributed by atoms with Crippen LogP contribution in [0.2, 0.25) is 0 Å². The van der Waals surface area contributed by atoms with Crippen LogP contribution in [0.5, 0.6) is 0 Å². The molecule has 2 atom stereocenters. The summed E-state index contributed by atoms with van der Waals surface area (Å²) in [7, 11) is 0. The highest BCUT2D eigenvalue weighted by atomic mass is 16.7. The molecule has 0 aromatic heterocycles. The Morgan fingerprint density at radius 2 is 1.57 bits per heavy atom. The molecule has 0 spiro atoms. The van der Waals surface area contributed by atoms with Crippen LogP contribution in [0.1, 0.15) is 18.3 Å². The van der Waals surface area contributed by atoms with Crippen molar-refractivity contribution in [1.29, 1.82) is 0 Å². The Morgan fingerprint density at radius 1 is 0.929 bits per heavy atom. The monoisotopic (exact) mass is 190 g/mol. The fourth-order valence-corrected chi connectivity index (χ4v) is 1.99. The van der Waals surface area contributed by atoms with Crippen molar-refractivity contribution in [2.24, 2.45) is 11.8 Å². The lowest BCUT2D eigenvalue weighted by Crippen LogP contribution is -2.08. The first kappa shape index (κ1) is 8.45. The third-order valence-electron chi connectivity index (χ3n) is 3.06. The molecule has 1 aromatic rings. The van der Waals surface area contributed by atoms with Gasteiger partial charge in [0, 0.05) is 5.56 Å². The molecule has 1 aliphatic carbocycles. The Bertz CT molecular complexity index is 297. The van der Waals surface area contributed by atoms with E-state index in [0.29, 0.717) is 0 Å². The molecule has 3 rings (SSSR count). The van der Waals surface area contributed by atoms with Crippen molar-refractivity contribution in [2.75, 3.05) is 13.2 Å². The largest absolute Gasteiger partial charge is 0.348 e. The van der Waals surface area contributed by atoms with Crippen molar-refractivity contribution in [3.05, 3.63) is 35.9 Å². The molecule has 2 fully saturated rings. The zero-order valence-corrected chi connectivity index (χ0v) is 8.06. The average molecular weight is 190 g/mol. The van der Waals surface area contributed by atoms with Gasteiger partial charge in [0.15, 0.2) is 6.29 Å². The number of hydrogen-bond acceptors (Lipinski definition) is 2. The summed E-state index contributed by atoms with van der Waals surface area (Å²) in [6.45, 7) is 1.73. The molecular weight excluding hydrogens is 176 g/mol. The minimum Gasteiger partial charge on any atom is -0.348 e. The Hall–Kier alpha value is -0.860. The van der Waals surface area contributed by atoms with Crippen LogP contribution >= 0.6 is 0 Å². The van der Waals surface area contributed by atoms with Gasteiger partial charge >= 0.3 is 0 Å². The third kappa shape index (κ3) is 1.56. The van der Waals surface area contributed by atoms with Crippen LogP contribution in [0.4, 0.5) is 0 Å². The normalized spacial score (nSPS) is 35.9. The fraction of sp³-hybridized carbons (Fsp3) is 0.500. The zero-order chi connectivity index (χ0) is 9.38. The first-order chi connectivity index (χ1) is 6.93. The summed E-state index contributed by atoms with van der Waals surface area (Å²) in [6.07, 6.45) is 1.16. The minimum atomic E-state index is -0.135. The Morgan fingerprint density at radius 3 is 2.21 bits per heavy atom. The molecule has 1 saturated heterocycles. The van der Waals surface area contributed by atoms with Gasteiger partial charge in [0.2, 0.25) is 0 Å². The molecule has 2 heteroatoms. The third-order valence-corrected chi connectivity index (χ3v) is 3.06. The van der Waals surface area contributed by atoms with Gasteiger partial charge in [0.1, 0.15) is 0 Å². The Labute approximate surface area is 83.8 Å². The smallest absolute Gasteiger partial charge is 0.183 e. The molecule has 74 valence electrons. The molecule has 1 heterocycles. The molecule has 0 bridgehead atoms. The van der Waals surface area contributed by atoms with E-state index >= 15 is 0 Å². The Balaban J connectivity index is 1.73. The first-order valence-electron chi connectivity index (χ1n) is 5.21. The van der Waals surface area contributed by atoms with Crippen LogP contribution in [-0.2, 0) is 9.47 Å². The van der Waals surface area contributed by atoms with Gasteiger partial charge in [-0.3, -0.25) is 0 Å². The highest BCUT2D eigenvalue weighted by Crippen LogP contribution is 2.43. The summed E-state index contributed by atoms with van der Waals surface area (Å²) in [5.41, 5.74) is 1.13. The molecule has 1 aromatic carbocycles. The average Bonchev–Trinajstić information content (AvgIpc) is 2.96. The van der Waals surface area contributed by atoms with Crippen LogP contribution in [0.15, 0.2) is 30.3 Å². The second-order valence-electron chi connectivity index (χ2n) is 4.17. The Kier molecular flexibility index (Phi) is 2.03. The van der Waals surface area contributed by atoms with Crippen molar-refractivity contribution in [2.45, 2.75) is 12.7 Å². The summed E-state index contributed by atoms with van der Waals surface area (Å²) in [4.78, 5) is 0. The van der Waals surface area contributed by atoms with Crippen LogP contribution in [0, 0.1) is 11.8 Å². The van der Waals surface area contributed by atoms with E-state index in [9.17, 15) is 0 Å². The predicted molar refractivity (Wildman–Crippen MR) is 52.7 cm³/mol. The van der Waals surface area contributed by atoms with E-state index in [0.717, 1.165) is 30.6 Å². The molecule has 2 aliphatic rings. The van der Waals surface area contributed by atoms with E-state index in [1.54, 1.807) is 0 Å². The van der Waals surface area contributed by atoms with E-state index in [-0.39, 0.29) is 6.29 Å². The molecule has 2 unspecified atom stereocenters. The lowest BCUT2D eigenvalue weighted by Gasteiger charge is -2.16. The van der Waals surface area contributed by atoms with Gasteiger partial charge in [-0.05, 0) is 18.3 Å². The van der Waals surface area contributed by atoms with Gasteiger partial charge in [-0.1, -0.05) is 30.3 Å². The van der Waals surface area contributed by atoms with E-state index in [1.165, 1.54) is 6.42 Å². The summed E-state index contributed by atoms with van der Waals surface area (Å²) >= 11 is 0. The van der Waals surface area contributed by atoms with Crippen LogP contribution in [-0.4, -0.2) is 13.2 Å². The van der Waals surface area contributed by atoms with Crippen molar-refractivity contribution in [3.63, 3.8) is 0 Å². The zero-order valence-electron chi connectivity index (χ0n) is 8.06. The van der Waals surface area contributed by atoms with Crippen LogP contribution in [0.25, 0.3) is 0 Å². The second-order valence-corrected chi connectivity index (χ2v) is 4.17. The van der Waals surface area contributed by atoms with Gasteiger partial charge in [-0.15, -0.1) is 0 Å². The van der Waals surface area contributed by atoms with E-state index in [4.69, 9.17) is 9.47 Å². The van der Waals surface area contributed by atoms with Gasteiger partial charge in [-0.2, -0.15) is 0 Å². The maximum atomic E-state index is 5.72. The maximum absolute atomic E-state index is 5.72. The van der Waals surface area contributed by atoms with Gasteiger partial charge in [-0.25, -0.2) is 0 Å². The van der Waals surface area contributed by atoms with Crippen LogP contribution < -0.4 is 0 Å². The fourth-order valence-electron chi connectivity index (χ4n) is 1.99. The number of benzene rings is 1. The van der Waals surface area contributed by atoms with Crippen molar-refractivity contribution in [1.82, 2.24) is 0 Å². The summed E-state index contributed by atoms with van der Waals surface area (Å²) in [5, 5.41) is 0. The van der Waals surface area contributed by atoms with Crippen molar-refractivity contribution < 1.29 is 9.47 Å². The standard InChI is InChI=1S/C12H14O2/c1-2-4-9(5-3-1)12-13-7-10-6-11(10)8-14-12/h1-5,10-12H,6-8H2. The topological polar surface area (TPSA) is 18.5 Å². The molecule has 2 nitrogen and oxygen atoms in total. The van der Waals surface area contributed by atoms with E-state index < -0.39 is 0 Å². The van der Waals surface area contributed by atoms with Crippen molar-refractivity contribution in [3.8, 4) is 0 Å². The predicted octanol–water partition coefficient (Wildman–Crippen LogP) is 2.37. The molecule has 0 radical (unpaired) electrons. The molecular formula is C12H14O2. The molecule has 1 saturated carbocycles. The highest BCUT2D eigenvalue weighted by Gasteiger charge is 2.40. The molecule has 1 aliphatic heterocycles. The first-order valence-corrected chi connectivity index (χ1v) is 5.21. The van der Waals surface area contributed by atoms with Crippen LogP contribution in [0.3, 0.4) is 0 Å². The summed E-state index contributed by atoms with van der Waals surface area (Å²) in [5.74, 6) is 1.53. The maximum Gasteiger partial charge on any atom is 0.183 e. The van der Waals surface area contributed by atoms with E-state index in [2.05, 4.69) is 12.1 Å². The number of fused-ring (bicyclic) bond motifs is 1. The SMILES string of the molecule is c1ccc(C2OCC3CC3CO2)cc1. The summed E-state index contributed by atoms with van der Waals surface area (Å²) in [6, 6.07) is 10.2. The van der Waals surface area contributed by atoms with Gasteiger partial charge in [0.05, 0.1) is 13.2 Å². The number of hydrogen-bond donors (Lipinski definition) is 0.